The summed E-state index contributed by atoms with van der Waals surface area (Å²) in [6.45, 7) is 3.74. The van der Waals surface area contributed by atoms with Crippen molar-refractivity contribution in [1.82, 2.24) is 0 Å². The number of carbonyl (C=O) groups excluding carboxylic acids is 1. The molecule has 0 saturated heterocycles. The van der Waals surface area contributed by atoms with Crippen molar-refractivity contribution in [2.45, 2.75) is 20.4 Å². The molecular weight excluding hydrogens is 431 g/mol. The molecule has 0 aliphatic heterocycles. The number of carbonyl (C=O) groups is 1. The van der Waals surface area contributed by atoms with E-state index in [0.717, 1.165) is 27.4 Å². The van der Waals surface area contributed by atoms with E-state index in [1.165, 1.54) is 31.4 Å². The quantitative estimate of drug-likeness (QED) is 0.561. The second kappa shape index (κ2) is 9.40. The molecule has 0 bridgehead atoms. The second-order valence-electron chi connectivity index (χ2n) is 7.49. The standard InChI is InChI=1S/C24H25FN2O4S/c1-16-6-5-7-17(2)23(16)26-24(28)18-8-13-22(31-3)19(14-18)15-27(32(4,29)30)21-11-9-20(25)10-12-21/h5-14H,15H2,1-4H3,(H,26,28). The summed E-state index contributed by atoms with van der Waals surface area (Å²) in [5.41, 5.74) is 3.77. The first-order valence-corrected chi connectivity index (χ1v) is 11.7. The van der Waals surface area contributed by atoms with Crippen molar-refractivity contribution >= 4 is 27.3 Å². The van der Waals surface area contributed by atoms with Gasteiger partial charge in [-0.25, -0.2) is 12.8 Å². The van der Waals surface area contributed by atoms with Crippen LogP contribution in [0.4, 0.5) is 15.8 Å². The van der Waals surface area contributed by atoms with E-state index in [2.05, 4.69) is 5.32 Å². The molecule has 0 spiro atoms. The highest BCUT2D eigenvalue weighted by molar-refractivity contribution is 7.92. The minimum absolute atomic E-state index is 0.0852. The van der Waals surface area contributed by atoms with Crippen molar-refractivity contribution < 1.29 is 22.3 Å². The van der Waals surface area contributed by atoms with Crippen molar-refractivity contribution in [1.29, 1.82) is 0 Å². The molecule has 0 heterocycles. The Labute approximate surface area is 187 Å². The van der Waals surface area contributed by atoms with Crippen molar-refractivity contribution in [3.63, 3.8) is 0 Å². The maximum absolute atomic E-state index is 13.3. The van der Waals surface area contributed by atoms with E-state index in [0.29, 0.717) is 22.6 Å². The molecule has 6 nitrogen and oxygen atoms in total. The number of rotatable bonds is 7. The smallest absolute Gasteiger partial charge is 0.255 e. The Hall–Kier alpha value is -3.39. The highest BCUT2D eigenvalue weighted by atomic mass is 32.2. The molecule has 1 N–H and O–H groups in total. The lowest BCUT2D eigenvalue weighted by Gasteiger charge is -2.24. The number of para-hydroxylation sites is 1. The van der Waals surface area contributed by atoms with Gasteiger partial charge in [0.25, 0.3) is 5.91 Å². The summed E-state index contributed by atoms with van der Waals surface area (Å²) in [6.07, 6.45) is 1.07. The first-order chi connectivity index (χ1) is 15.1. The summed E-state index contributed by atoms with van der Waals surface area (Å²) in [7, 11) is -2.22. The summed E-state index contributed by atoms with van der Waals surface area (Å²) in [5.74, 6) is -0.353. The molecule has 0 fully saturated rings. The average molecular weight is 457 g/mol. The predicted octanol–water partition coefficient (Wildman–Crippen LogP) is 4.67. The summed E-state index contributed by atoms with van der Waals surface area (Å²) >= 11 is 0. The molecule has 0 atom stereocenters. The molecule has 3 aromatic carbocycles. The number of ether oxygens (including phenoxy) is 1. The fourth-order valence-corrected chi connectivity index (χ4v) is 4.28. The topological polar surface area (TPSA) is 75.7 Å². The van der Waals surface area contributed by atoms with Crippen LogP contribution < -0.4 is 14.4 Å². The van der Waals surface area contributed by atoms with Crippen LogP contribution in [0.1, 0.15) is 27.0 Å². The second-order valence-corrected chi connectivity index (χ2v) is 9.40. The van der Waals surface area contributed by atoms with Gasteiger partial charge in [0.05, 0.1) is 25.6 Å². The van der Waals surface area contributed by atoms with E-state index >= 15 is 0 Å². The Morgan fingerprint density at radius 2 is 1.66 bits per heavy atom. The third kappa shape index (κ3) is 5.26. The molecule has 1 amide bonds. The van der Waals surface area contributed by atoms with Gasteiger partial charge in [-0.3, -0.25) is 9.10 Å². The van der Waals surface area contributed by atoms with Crippen molar-refractivity contribution in [2.75, 3.05) is 23.0 Å². The summed E-state index contributed by atoms with van der Waals surface area (Å²) < 4.78 is 44.8. The number of benzene rings is 3. The van der Waals surface area contributed by atoms with Crippen LogP contribution in [0.3, 0.4) is 0 Å². The Morgan fingerprint density at radius 1 is 1.03 bits per heavy atom. The zero-order valence-corrected chi connectivity index (χ0v) is 19.2. The van der Waals surface area contributed by atoms with Gasteiger partial charge in [-0.2, -0.15) is 0 Å². The van der Waals surface area contributed by atoms with Gasteiger partial charge in [-0.1, -0.05) is 18.2 Å². The number of nitrogens with zero attached hydrogens (tertiary/aromatic N) is 1. The molecule has 0 aliphatic rings. The molecule has 3 aromatic rings. The number of amides is 1. The molecule has 0 saturated carbocycles. The fourth-order valence-electron chi connectivity index (χ4n) is 3.40. The van der Waals surface area contributed by atoms with Crippen LogP contribution in [0.5, 0.6) is 5.75 Å². The molecular formula is C24H25FN2O4S. The number of halogens is 1. The molecule has 0 radical (unpaired) electrons. The summed E-state index contributed by atoms with van der Waals surface area (Å²) in [5, 5.41) is 2.93. The first kappa shape index (κ1) is 23.3. The number of aryl methyl sites for hydroxylation is 2. The Bertz CT molecular complexity index is 1220. The number of nitrogens with one attached hydrogen (secondary N) is 1. The van der Waals surface area contributed by atoms with Crippen LogP contribution in [-0.2, 0) is 16.6 Å². The maximum Gasteiger partial charge on any atom is 0.255 e. The molecule has 8 heteroatoms. The van der Waals surface area contributed by atoms with Gasteiger partial charge in [0.1, 0.15) is 11.6 Å². The molecule has 0 aromatic heterocycles. The van der Waals surface area contributed by atoms with Crippen molar-refractivity contribution in [3.05, 3.63) is 88.7 Å². The minimum Gasteiger partial charge on any atom is -0.496 e. The normalized spacial score (nSPS) is 11.2. The third-order valence-electron chi connectivity index (χ3n) is 5.09. The Balaban J connectivity index is 1.96. The van der Waals surface area contributed by atoms with E-state index < -0.39 is 15.8 Å². The number of anilines is 2. The molecule has 0 aliphatic carbocycles. The van der Waals surface area contributed by atoms with E-state index in [1.54, 1.807) is 18.2 Å². The zero-order valence-electron chi connectivity index (χ0n) is 18.3. The number of hydrogen-bond donors (Lipinski definition) is 1. The monoisotopic (exact) mass is 456 g/mol. The van der Waals surface area contributed by atoms with Gasteiger partial charge in [-0.15, -0.1) is 0 Å². The SMILES string of the molecule is COc1ccc(C(=O)Nc2c(C)cccc2C)cc1CN(c1ccc(F)cc1)S(C)(=O)=O. The largest absolute Gasteiger partial charge is 0.496 e. The summed E-state index contributed by atoms with van der Waals surface area (Å²) in [6, 6.07) is 15.8. The fraction of sp³-hybridized carbons (Fsp3) is 0.208. The Morgan fingerprint density at radius 3 is 2.22 bits per heavy atom. The van der Waals surface area contributed by atoms with Crippen LogP contribution in [-0.4, -0.2) is 27.7 Å². The highest BCUT2D eigenvalue weighted by Crippen LogP contribution is 2.27. The molecule has 32 heavy (non-hydrogen) atoms. The van der Waals surface area contributed by atoms with E-state index in [1.807, 2.05) is 32.0 Å². The number of hydrogen-bond acceptors (Lipinski definition) is 4. The van der Waals surface area contributed by atoms with Gasteiger partial charge < -0.3 is 10.1 Å². The molecule has 3 rings (SSSR count). The van der Waals surface area contributed by atoms with Crippen molar-refractivity contribution in [2.24, 2.45) is 0 Å². The van der Waals surface area contributed by atoms with Gasteiger partial charge >= 0.3 is 0 Å². The minimum atomic E-state index is -3.69. The van der Waals surface area contributed by atoms with Gasteiger partial charge in [-0.05, 0) is 67.4 Å². The van der Waals surface area contributed by atoms with Crippen molar-refractivity contribution in [3.8, 4) is 5.75 Å². The lowest BCUT2D eigenvalue weighted by atomic mass is 10.1. The predicted molar refractivity (Wildman–Crippen MR) is 124 cm³/mol. The van der Waals surface area contributed by atoms with Crippen LogP contribution in [0.2, 0.25) is 0 Å². The lowest BCUT2D eigenvalue weighted by molar-refractivity contribution is 0.102. The van der Waals surface area contributed by atoms with E-state index in [4.69, 9.17) is 4.74 Å². The maximum atomic E-state index is 13.3. The van der Waals surface area contributed by atoms with Crippen LogP contribution in [0.15, 0.2) is 60.7 Å². The first-order valence-electron chi connectivity index (χ1n) is 9.88. The van der Waals surface area contributed by atoms with Gasteiger partial charge in [0.2, 0.25) is 10.0 Å². The van der Waals surface area contributed by atoms with E-state index in [-0.39, 0.29) is 12.5 Å². The zero-order chi connectivity index (χ0) is 23.5. The van der Waals surface area contributed by atoms with Gasteiger partial charge in [0, 0.05) is 16.8 Å². The van der Waals surface area contributed by atoms with Crippen LogP contribution >= 0.6 is 0 Å². The molecule has 0 unspecified atom stereocenters. The van der Waals surface area contributed by atoms with Crippen LogP contribution in [0, 0.1) is 19.7 Å². The lowest BCUT2D eigenvalue weighted by Crippen LogP contribution is -2.29. The molecule has 168 valence electrons. The van der Waals surface area contributed by atoms with E-state index in [9.17, 15) is 17.6 Å². The number of methoxy groups -OCH3 is 1. The van der Waals surface area contributed by atoms with Gasteiger partial charge in [0.15, 0.2) is 0 Å². The highest BCUT2D eigenvalue weighted by Gasteiger charge is 2.21. The number of sulfonamides is 1. The summed E-state index contributed by atoms with van der Waals surface area (Å²) in [4.78, 5) is 12.9. The Kier molecular flexibility index (Phi) is 6.84. The van der Waals surface area contributed by atoms with Crippen LogP contribution in [0.25, 0.3) is 0 Å². The average Bonchev–Trinajstić information content (AvgIpc) is 2.74. The third-order valence-corrected chi connectivity index (χ3v) is 6.23.